The van der Waals surface area contributed by atoms with Crippen LogP contribution in [0.15, 0.2) is 24.3 Å². The predicted octanol–water partition coefficient (Wildman–Crippen LogP) is 3.90. The van der Waals surface area contributed by atoms with Gasteiger partial charge in [0.05, 0.1) is 5.84 Å². The molecule has 0 aliphatic rings. The number of amidine groups is 1. The molecule has 0 heterocycles. The number of rotatable bonds is 8. The highest BCUT2D eigenvalue weighted by atomic mass is 35.5. The maximum absolute atomic E-state index is 7.54. The fourth-order valence-corrected chi connectivity index (χ4v) is 2.28. The van der Waals surface area contributed by atoms with Crippen LogP contribution in [0.2, 0.25) is 5.02 Å². The summed E-state index contributed by atoms with van der Waals surface area (Å²) in [6, 6.07) is 7.97. The topological polar surface area (TPSA) is 53.1 Å². The van der Waals surface area contributed by atoms with Crippen molar-refractivity contribution in [2.75, 3.05) is 13.6 Å². The van der Waals surface area contributed by atoms with Crippen molar-refractivity contribution in [1.82, 2.24) is 4.90 Å². The van der Waals surface area contributed by atoms with Gasteiger partial charge in [-0.25, -0.2) is 0 Å². The van der Waals surface area contributed by atoms with E-state index in [2.05, 4.69) is 18.0 Å². The summed E-state index contributed by atoms with van der Waals surface area (Å²) >= 11 is 6.16. The maximum Gasteiger partial charge on any atom is 0.0963 e. The first kappa shape index (κ1) is 17.0. The Hall–Kier alpha value is -1.06. The van der Waals surface area contributed by atoms with Gasteiger partial charge in [-0.05, 0) is 38.1 Å². The van der Waals surface area contributed by atoms with E-state index in [1.807, 2.05) is 32.0 Å². The van der Waals surface area contributed by atoms with Crippen LogP contribution in [0.1, 0.15) is 38.7 Å². The van der Waals surface area contributed by atoms with E-state index >= 15 is 0 Å². The van der Waals surface area contributed by atoms with Crippen molar-refractivity contribution >= 4 is 17.4 Å². The molecule has 3 N–H and O–H groups in total. The van der Waals surface area contributed by atoms with Crippen LogP contribution >= 0.6 is 11.6 Å². The molecule has 20 heavy (non-hydrogen) atoms. The highest BCUT2D eigenvalue weighted by molar-refractivity contribution is 6.31. The Balaban J connectivity index is 2.29. The Morgan fingerprint density at radius 2 is 1.95 bits per heavy atom. The first-order valence-electron chi connectivity index (χ1n) is 7.09. The van der Waals surface area contributed by atoms with E-state index in [4.69, 9.17) is 22.7 Å². The van der Waals surface area contributed by atoms with Gasteiger partial charge in [-0.2, -0.15) is 0 Å². The quantitative estimate of drug-likeness (QED) is 0.434. The van der Waals surface area contributed by atoms with Crippen LogP contribution < -0.4 is 5.73 Å². The van der Waals surface area contributed by atoms with Gasteiger partial charge >= 0.3 is 0 Å². The molecule has 112 valence electrons. The lowest BCUT2D eigenvalue weighted by Crippen LogP contribution is -2.31. The monoisotopic (exact) mass is 295 g/mol. The van der Waals surface area contributed by atoms with E-state index in [-0.39, 0.29) is 11.3 Å². The second kappa shape index (κ2) is 7.65. The van der Waals surface area contributed by atoms with Crippen molar-refractivity contribution < 1.29 is 0 Å². The van der Waals surface area contributed by atoms with Crippen molar-refractivity contribution in [2.45, 2.75) is 39.7 Å². The van der Waals surface area contributed by atoms with Gasteiger partial charge in [0.25, 0.3) is 0 Å². The molecule has 0 aromatic heterocycles. The van der Waals surface area contributed by atoms with E-state index in [9.17, 15) is 0 Å². The molecule has 4 heteroatoms. The minimum Gasteiger partial charge on any atom is -0.387 e. The second-order valence-electron chi connectivity index (χ2n) is 6.08. The summed E-state index contributed by atoms with van der Waals surface area (Å²) in [4.78, 5) is 2.28. The van der Waals surface area contributed by atoms with Gasteiger partial charge in [0.15, 0.2) is 0 Å². The summed E-state index contributed by atoms with van der Waals surface area (Å²) in [6.45, 7) is 5.96. The van der Waals surface area contributed by atoms with E-state index in [0.29, 0.717) is 0 Å². The summed E-state index contributed by atoms with van der Waals surface area (Å²) < 4.78 is 0. The van der Waals surface area contributed by atoms with Gasteiger partial charge in [0.2, 0.25) is 0 Å². The molecular formula is C16H26ClN3. The van der Waals surface area contributed by atoms with Crippen LogP contribution in [0, 0.1) is 10.8 Å². The SMILES string of the molecule is CN(CCCCC(C)(C)C(=N)N)Cc1ccccc1Cl. The second-order valence-corrected chi connectivity index (χ2v) is 6.49. The Kier molecular flexibility index (Phi) is 6.50. The van der Waals surface area contributed by atoms with Gasteiger partial charge in [0, 0.05) is 17.0 Å². The molecule has 0 saturated carbocycles. The lowest BCUT2D eigenvalue weighted by Gasteiger charge is -2.23. The summed E-state index contributed by atoms with van der Waals surface area (Å²) in [5, 5.41) is 8.37. The Morgan fingerprint density at radius 1 is 1.30 bits per heavy atom. The predicted molar refractivity (Wildman–Crippen MR) is 87.3 cm³/mol. The highest BCUT2D eigenvalue weighted by Crippen LogP contribution is 2.23. The molecule has 3 nitrogen and oxygen atoms in total. The summed E-state index contributed by atoms with van der Waals surface area (Å²) in [5.41, 5.74) is 6.58. The van der Waals surface area contributed by atoms with E-state index in [1.54, 1.807) is 0 Å². The largest absolute Gasteiger partial charge is 0.387 e. The molecule has 1 aromatic rings. The standard InChI is InChI=1S/C16H26ClN3/c1-16(2,15(18)19)10-6-7-11-20(3)12-13-8-4-5-9-14(13)17/h4-5,8-9H,6-7,10-12H2,1-3H3,(H3,18,19). The van der Waals surface area contributed by atoms with Crippen LogP contribution in [0.4, 0.5) is 0 Å². The first-order chi connectivity index (χ1) is 9.33. The first-order valence-corrected chi connectivity index (χ1v) is 7.47. The number of benzene rings is 1. The normalized spacial score (nSPS) is 11.8. The average Bonchev–Trinajstić information content (AvgIpc) is 2.37. The van der Waals surface area contributed by atoms with Crippen molar-refractivity contribution in [3.63, 3.8) is 0 Å². The molecule has 0 saturated heterocycles. The minimum atomic E-state index is -0.179. The number of hydrogen-bond acceptors (Lipinski definition) is 2. The molecule has 0 amide bonds. The zero-order chi connectivity index (χ0) is 15.2. The van der Waals surface area contributed by atoms with E-state index in [1.165, 1.54) is 5.56 Å². The Morgan fingerprint density at radius 3 is 2.55 bits per heavy atom. The van der Waals surface area contributed by atoms with Crippen LogP contribution in [0.5, 0.6) is 0 Å². The third-order valence-corrected chi connectivity index (χ3v) is 4.09. The fraction of sp³-hybridized carbons (Fsp3) is 0.562. The van der Waals surface area contributed by atoms with E-state index < -0.39 is 0 Å². The number of hydrogen-bond donors (Lipinski definition) is 2. The maximum atomic E-state index is 7.54. The Bertz CT molecular complexity index is 443. The van der Waals surface area contributed by atoms with Gasteiger partial charge in [-0.15, -0.1) is 0 Å². The zero-order valence-corrected chi connectivity index (χ0v) is 13.5. The molecule has 0 unspecified atom stereocenters. The van der Waals surface area contributed by atoms with Crippen LogP contribution in [-0.4, -0.2) is 24.3 Å². The van der Waals surface area contributed by atoms with Gasteiger partial charge in [-0.3, -0.25) is 5.41 Å². The number of nitrogens with zero attached hydrogens (tertiary/aromatic N) is 1. The fourth-order valence-electron chi connectivity index (χ4n) is 2.08. The third kappa shape index (κ3) is 5.51. The summed E-state index contributed by atoms with van der Waals surface area (Å²) in [6.07, 6.45) is 3.15. The van der Waals surface area contributed by atoms with Crippen molar-refractivity contribution in [3.05, 3.63) is 34.9 Å². The van der Waals surface area contributed by atoms with E-state index in [0.717, 1.165) is 37.4 Å². The van der Waals surface area contributed by atoms with Gasteiger partial charge in [0.1, 0.15) is 0 Å². The molecule has 0 aliphatic heterocycles. The number of unbranched alkanes of at least 4 members (excludes halogenated alkanes) is 1. The number of nitrogens with two attached hydrogens (primary N) is 1. The molecule has 0 atom stereocenters. The molecule has 0 aliphatic carbocycles. The van der Waals surface area contributed by atoms with Gasteiger partial charge < -0.3 is 10.6 Å². The molecule has 0 fully saturated rings. The molecule has 0 bridgehead atoms. The van der Waals surface area contributed by atoms with Crippen LogP contribution in [-0.2, 0) is 6.54 Å². The third-order valence-electron chi connectivity index (χ3n) is 3.72. The smallest absolute Gasteiger partial charge is 0.0963 e. The molecular weight excluding hydrogens is 270 g/mol. The molecule has 1 aromatic carbocycles. The van der Waals surface area contributed by atoms with Gasteiger partial charge in [-0.1, -0.05) is 50.1 Å². The van der Waals surface area contributed by atoms with Crippen LogP contribution in [0.3, 0.4) is 0 Å². The summed E-state index contributed by atoms with van der Waals surface area (Å²) in [7, 11) is 2.11. The van der Waals surface area contributed by atoms with Crippen LogP contribution in [0.25, 0.3) is 0 Å². The zero-order valence-electron chi connectivity index (χ0n) is 12.7. The molecule has 0 spiro atoms. The minimum absolute atomic E-state index is 0.179. The summed E-state index contributed by atoms with van der Waals surface area (Å²) in [5.74, 6) is 0.280. The number of halogens is 1. The molecule has 0 radical (unpaired) electrons. The Labute approximate surface area is 127 Å². The molecule has 1 rings (SSSR count). The number of nitrogens with one attached hydrogen (secondary N) is 1. The highest BCUT2D eigenvalue weighted by Gasteiger charge is 2.20. The lowest BCUT2D eigenvalue weighted by atomic mass is 9.86. The van der Waals surface area contributed by atoms with Crippen molar-refractivity contribution in [2.24, 2.45) is 11.1 Å². The average molecular weight is 296 g/mol. The van der Waals surface area contributed by atoms with Crippen molar-refractivity contribution in [1.29, 1.82) is 5.41 Å². The lowest BCUT2D eigenvalue weighted by molar-refractivity contribution is 0.309. The van der Waals surface area contributed by atoms with Crippen molar-refractivity contribution in [3.8, 4) is 0 Å².